The minimum atomic E-state index is -0.438. The molecule has 1 unspecified atom stereocenters. The minimum Gasteiger partial charge on any atom is -0.250 e. The van der Waals surface area contributed by atoms with Gasteiger partial charge in [0.05, 0.1) is 0 Å². The second-order valence-corrected chi connectivity index (χ2v) is 2.00. The Hall–Kier alpha value is 0.570. The van der Waals surface area contributed by atoms with Crippen molar-refractivity contribution < 1.29 is 4.39 Å². The summed E-state index contributed by atoms with van der Waals surface area (Å²) in [6.45, 7) is -0.438. The molecule has 0 bridgehead atoms. The first kappa shape index (κ1) is 6.57. The summed E-state index contributed by atoms with van der Waals surface area (Å²) in [4.78, 5) is 0. The van der Waals surface area contributed by atoms with Gasteiger partial charge in [-0.15, -0.1) is 11.6 Å². The van der Waals surface area contributed by atoms with E-state index in [2.05, 4.69) is 12.6 Å². The van der Waals surface area contributed by atoms with E-state index in [0.29, 0.717) is 5.88 Å². The van der Waals surface area contributed by atoms with E-state index in [4.69, 9.17) is 11.6 Å². The van der Waals surface area contributed by atoms with Gasteiger partial charge >= 0.3 is 0 Å². The second-order valence-electron chi connectivity index (χ2n) is 0.962. The Morgan fingerprint density at radius 2 is 2.33 bits per heavy atom. The molecular weight excluding hydrogens is 123 g/mol. The standard InChI is InChI=1S/C3H6ClFS/c4-1-3(6)2-5/h3,6H,1-2H2. The SMILES string of the molecule is FCC(S)CCl. The van der Waals surface area contributed by atoms with Crippen molar-refractivity contribution >= 4 is 24.2 Å². The molecule has 0 saturated heterocycles. The van der Waals surface area contributed by atoms with Crippen molar-refractivity contribution in [3.63, 3.8) is 0 Å². The smallest absolute Gasteiger partial charge is 0.102 e. The first-order valence-electron chi connectivity index (χ1n) is 1.61. The number of thiol groups is 1. The highest BCUT2D eigenvalue weighted by Crippen LogP contribution is 1.96. The Morgan fingerprint density at radius 1 is 1.83 bits per heavy atom. The third-order valence-corrected chi connectivity index (χ3v) is 1.26. The first-order valence-corrected chi connectivity index (χ1v) is 2.66. The maximum Gasteiger partial charge on any atom is 0.102 e. The molecule has 0 rings (SSSR count). The van der Waals surface area contributed by atoms with Crippen LogP contribution >= 0.6 is 24.2 Å². The molecule has 3 heteroatoms. The van der Waals surface area contributed by atoms with E-state index >= 15 is 0 Å². The molecule has 0 saturated carbocycles. The molecular formula is C3H6ClFS. The third-order valence-electron chi connectivity index (χ3n) is 0.356. The molecule has 0 fully saturated rings. The molecule has 0 spiro atoms. The maximum atomic E-state index is 11.2. The van der Waals surface area contributed by atoms with Crippen LogP contribution in [0, 0.1) is 0 Å². The Balaban J connectivity index is 2.75. The van der Waals surface area contributed by atoms with Crippen molar-refractivity contribution in [1.29, 1.82) is 0 Å². The predicted molar refractivity (Wildman–Crippen MR) is 29.5 cm³/mol. The quantitative estimate of drug-likeness (QED) is 0.423. The fourth-order valence-electron chi connectivity index (χ4n) is 0.0412. The van der Waals surface area contributed by atoms with Crippen LogP contribution < -0.4 is 0 Å². The Morgan fingerprint density at radius 3 is 2.33 bits per heavy atom. The molecule has 0 aromatic carbocycles. The summed E-state index contributed by atoms with van der Waals surface area (Å²) in [5.74, 6) is 0.291. The Labute approximate surface area is 47.1 Å². The van der Waals surface area contributed by atoms with Crippen LogP contribution in [0.3, 0.4) is 0 Å². The van der Waals surface area contributed by atoms with Gasteiger partial charge in [0.15, 0.2) is 0 Å². The van der Waals surface area contributed by atoms with Crippen molar-refractivity contribution in [3.8, 4) is 0 Å². The Kier molecular flexibility index (Phi) is 4.11. The normalized spacial score (nSPS) is 14.5. The van der Waals surface area contributed by atoms with Crippen LogP contribution in [0.5, 0.6) is 0 Å². The van der Waals surface area contributed by atoms with Crippen molar-refractivity contribution in [2.24, 2.45) is 0 Å². The molecule has 0 aliphatic heterocycles. The first-order chi connectivity index (χ1) is 2.81. The van der Waals surface area contributed by atoms with E-state index < -0.39 is 6.67 Å². The predicted octanol–water partition coefficient (Wildman–Crippen LogP) is 1.49. The van der Waals surface area contributed by atoms with Gasteiger partial charge in [0.2, 0.25) is 0 Å². The minimum absolute atomic E-state index is 0.272. The zero-order valence-electron chi connectivity index (χ0n) is 3.19. The molecule has 0 heterocycles. The second kappa shape index (κ2) is 3.75. The van der Waals surface area contributed by atoms with E-state index in [1.807, 2.05) is 0 Å². The molecule has 1 atom stereocenters. The van der Waals surface area contributed by atoms with Crippen molar-refractivity contribution in [2.75, 3.05) is 12.6 Å². The van der Waals surface area contributed by atoms with E-state index in [9.17, 15) is 4.39 Å². The van der Waals surface area contributed by atoms with Gasteiger partial charge in [0.25, 0.3) is 0 Å². The fourth-order valence-corrected chi connectivity index (χ4v) is 0.124. The molecule has 0 N–H and O–H groups in total. The molecule has 0 aromatic rings. The average Bonchev–Trinajstić information content (AvgIpc) is 1.65. The van der Waals surface area contributed by atoms with Gasteiger partial charge in [-0.25, -0.2) is 4.39 Å². The van der Waals surface area contributed by atoms with Gasteiger partial charge in [-0.05, 0) is 0 Å². The topological polar surface area (TPSA) is 0 Å². The van der Waals surface area contributed by atoms with Crippen LogP contribution in [0.4, 0.5) is 4.39 Å². The molecule has 0 nitrogen and oxygen atoms in total. The fraction of sp³-hybridized carbons (Fsp3) is 1.00. The van der Waals surface area contributed by atoms with Crippen molar-refractivity contribution in [1.82, 2.24) is 0 Å². The molecule has 0 radical (unpaired) electrons. The van der Waals surface area contributed by atoms with Crippen LogP contribution in [-0.4, -0.2) is 17.8 Å². The largest absolute Gasteiger partial charge is 0.250 e. The van der Waals surface area contributed by atoms with Gasteiger partial charge in [-0.3, -0.25) is 0 Å². The van der Waals surface area contributed by atoms with Gasteiger partial charge in [0.1, 0.15) is 6.67 Å². The van der Waals surface area contributed by atoms with Crippen LogP contribution in [0.15, 0.2) is 0 Å². The monoisotopic (exact) mass is 128 g/mol. The molecule has 0 aliphatic rings. The highest BCUT2D eigenvalue weighted by molar-refractivity contribution is 7.81. The lowest BCUT2D eigenvalue weighted by atomic mass is 10.5. The van der Waals surface area contributed by atoms with Gasteiger partial charge in [-0.1, -0.05) is 0 Å². The number of alkyl halides is 2. The summed E-state index contributed by atoms with van der Waals surface area (Å²) in [6.07, 6.45) is 0. The van der Waals surface area contributed by atoms with E-state index in [1.165, 1.54) is 0 Å². The zero-order valence-corrected chi connectivity index (χ0v) is 4.85. The number of hydrogen-bond acceptors (Lipinski definition) is 1. The van der Waals surface area contributed by atoms with Crippen LogP contribution in [0.2, 0.25) is 0 Å². The summed E-state index contributed by atoms with van der Waals surface area (Å²) in [6, 6.07) is 0. The summed E-state index contributed by atoms with van der Waals surface area (Å²) in [5, 5.41) is -0.272. The third kappa shape index (κ3) is 2.79. The number of hydrogen-bond donors (Lipinski definition) is 1. The average molecular weight is 129 g/mol. The van der Waals surface area contributed by atoms with E-state index in [-0.39, 0.29) is 5.25 Å². The van der Waals surface area contributed by atoms with E-state index in [1.54, 1.807) is 0 Å². The van der Waals surface area contributed by atoms with Crippen LogP contribution in [-0.2, 0) is 0 Å². The molecule has 38 valence electrons. The number of halogens is 2. The molecule has 0 aliphatic carbocycles. The van der Waals surface area contributed by atoms with Crippen LogP contribution in [0.25, 0.3) is 0 Å². The number of rotatable bonds is 2. The Bertz CT molecular complexity index is 30.0. The van der Waals surface area contributed by atoms with Crippen LogP contribution in [0.1, 0.15) is 0 Å². The lowest BCUT2D eigenvalue weighted by Crippen LogP contribution is -2.00. The summed E-state index contributed by atoms with van der Waals surface area (Å²) >= 11 is 8.86. The van der Waals surface area contributed by atoms with Crippen molar-refractivity contribution in [2.45, 2.75) is 5.25 Å². The highest BCUT2D eigenvalue weighted by atomic mass is 35.5. The van der Waals surface area contributed by atoms with Crippen molar-refractivity contribution in [3.05, 3.63) is 0 Å². The maximum absolute atomic E-state index is 11.2. The van der Waals surface area contributed by atoms with Gasteiger partial charge in [0, 0.05) is 11.1 Å². The lowest BCUT2D eigenvalue weighted by Gasteiger charge is -1.93. The van der Waals surface area contributed by atoms with E-state index in [0.717, 1.165) is 0 Å². The lowest BCUT2D eigenvalue weighted by molar-refractivity contribution is 0.497. The van der Waals surface area contributed by atoms with Gasteiger partial charge < -0.3 is 0 Å². The van der Waals surface area contributed by atoms with Gasteiger partial charge in [-0.2, -0.15) is 12.6 Å². The zero-order chi connectivity index (χ0) is 4.99. The summed E-state index contributed by atoms with van der Waals surface area (Å²) in [7, 11) is 0. The highest BCUT2D eigenvalue weighted by Gasteiger charge is 1.94. The summed E-state index contributed by atoms with van der Waals surface area (Å²) in [5.41, 5.74) is 0. The molecule has 6 heavy (non-hydrogen) atoms. The molecule has 0 amide bonds. The molecule has 0 aromatic heterocycles. The summed E-state index contributed by atoms with van der Waals surface area (Å²) < 4.78 is 11.2.